The smallest absolute Gasteiger partial charge is 0.382 e. The maximum atomic E-state index is 13.1. The van der Waals surface area contributed by atoms with Crippen LogP contribution in [0.5, 0.6) is 0 Å². The van der Waals surface area contributed by atoms with Crippen molar-refractivity contribution < 1.29 is 23.2 Å². The van der Waals surface area contributed by atoms with Gasteiger partial charge in [-0.25, -0.2) is 34.9 Å². The van der Waals surface area contributed by atoms with Gasteiger partial charge in [0.05, 0.1) is 31.8 Å². The summed E-state index contributed by atoms with van der Waals surface area (Å²) in [5.41, 5.74) is 13.5. The summed E-state index contributed by atoms with van der Waals surface area (Å²) in [5, 5.41) is 1.43. The van der Waals surface area contributed by atoms with Crippen LogP contribution in [0.1, 0.15) is 32.7 Å². The molecule has 0 amide bonds. The van der Waals surface area contributed by atoms with Gasteiger partial charge in [0.2, 0.25) is 0 Å². The van der Waals surface area contributed by atoms with Gasteiger partial charge in [-0.1, -0.05) is 44.2 Å². The zero-order valence-electron chi connectivity index (χ0n) is 21.0. The van der Waals surface area contributed by atoms with Crippen LogP contribution < -0.4 is 16.3 Å². The number of benzene rings is 1. The molecule has 13 heteroatoms. The predicted molar refractivity (Wildman–Crippen MR) is 139 cm³/mol. The van der Waals surface area contributed by atoms with Gasteiger partial charge in [-0.2, -0.15) is 0 Å². The van der Waals surface area contributed by atoms with Crippen LogP contribution in [-0.4, -0.2) is 45.2 Å². The summed E-state index contributed by atoms with van der Waals surface area (Å²) >= 11 is 0. The highest BCUT2D eigenvalue weighted by atomic mass is 31.2. The maximum Gasteiger partial charge on any atom is 0.458 e. The van der Waals surface area contributed by atoms with Gasteiger partial charge in [0.25, 0.3) is 0 Å². The van der Waals surface area contributed by atoms with Crippen molar-refractivity contribution in [1.82, 2.24) is 19.5 Å². The zero-order chi connectivity index (χ0) is 26.6. The van der Waals surface area contributed by atoms with Crippen molar-refractivity contribution in [3.8, 4) is 0 Å². The molecule has 1 unspecified atom stereocenters. The van der Waals surface area contributed by atoms with Crippen molar-refractivity contribution in [2.75, 3.05) is 24.5 Å². The van der Waals surface area contributed by atoms with E-state index in [-0.39, 0.29) is 24.5 Å². The van der Waals surface area contributed by atoms with E-state index in [2.05, 4.69) is 15.0 Å². The fourth-order valence-corrected chi connectivity index (χ4v) is 5.15. The predicted octanol–water partition coefficient (Wildman–Crippen LogP) is 3.64. The second-order valence-electron chi connectivity index (χ2n) is 9.27. The van der Waals surface area contributed by atoms with Crippen LogP contribution in [0.25, 0.3) is 11.2 Å². The van der Waals surface area contributed by atoms with Crippen LogP contribution in [0.15, 0.2) is 55.1 Å². The van der Waals surface area contributed by atoms with Crippen molar-refractivity contribution in [3.05, 3.63) is 55.1 Å². The lowest BCUT2D eigenvalue weighted by Gasteiger charge is -2.31. The Morgan fingerprint density at radius 2 is 1.97 bits per heavy atom. The van der Waals surface area contributed by atoms with Crippen molar-refractivity contribution >= 4 is 36.4 Å². The van der Waals surface area contributed by atoms with E-state index >= 15 is 0 Å². The number of nitrogens with zero attached hydrogens (tertiary/aromatic N) is 5. The summed E-state index contributed by atoms with van der Waals surface area (Å²) in [6, 6.07) is 8.19. The van der Waals surface area contributed by atoms with Crippen molar-refractivity contribution in [2.24, 2.45) is 17.3 Å². The first-order chi connectivity index (χ1) is 17.7. The first-order valence-corrected chi connectivity index (χ1v) is 13.6. The van der Waals surface area contributed by atoms with Crippen molar-refractivity contribution in [2.45, 2.75) is 38.8 Å². The molecule has 1 aliphatic carbocycles. The number of para-hydroxylation sites is 1. The molecule has 37 heavy (non-hydrogen) atoms. The number of hydroxylamine groups is 1. The topological polar surface area (TPSA) is 161 Å². The summed E-state index contributed by atoms with van der Waals surface area (Å²) < 4.78 is 25.5. The molecule has 0 saturated carbocycles. The lowest BCUT2D eigenvalue weighted by atomic mass is 10.0. The summed E-state index contributed by atoms with van der Waals surface area (Å²) in [4.78, 5) is 31.1. The molecule has 0 fully saturated rings. The third kappa shape index (κ3) is 6.34. The Labute approximate surface area is 215 Å². The van der Waals surface area contributed by atoms with Crippen LogP contribution in [0.2, 0.25) is 0 Å². The number of carbonyl (C=O) groups is 1. The van der Waals surface area contributed by atoms with E-state index < -0.39 is 19.8 Å². The number of nitrogens with two attached hydrogens (primary N) is 2. The largest absolute Gasteiger partial charge is 0.458 e. The molecule has 12 nitrogen and oxygen atoms in total. The van der Waals surface area contributed by atoms with Gasteiger partial charge in [0.15, 0.2) is 17.5 Å². The molecule has 1 aromatic carbocycles. The van der Waals surface area contributed by atoms with E-state index in [9.17, 15) is 9.36 Å². The molecule has 0 bridgehead atoms. The van der Waals surface area contributed by atoms with Crippen molar-refractivity contribution in [1.29, 1.82) is 0 Å². The minimum absolute atomic E-state index is 0.0132. The van der Waals surface area contributed by atoms with Gasteiger partial charge >= 0.3 is 13.7 Å². The highest BCUT2D eigenvalue weighted by Crippen LogP contribution is 2.42. The number of allylic oxidation sites excluding steroid dienone is 1. The van der Waals surface area contributed by atoms with Crippen molar-refractivity contribution in [3.63, 3.8) is 0 Å². The van der Waals surface area contributed by atoms with E-state index in [1.165, 1.54) is 18.5 Å². The van der Waals surface area contributed by atoms with Crippen LogP contribution in [0, 0.1) is 11.8 Å². The average Bonchev–Trinajstić information content (AvgIpc) is 3.50. The second-order valence-corrected chi connectivity index (χ2v) is 10.8. The van der Waals surface area contributed by atoms with Gasteiger partial charge < -0.3 is 14.8 Å². The van der Waals surface area contributed by atoms with Gasteiger partial charge in [-0.15, -0.1) is 0 Å². The normalized spacial score (nSPS) is 19.7. The number of imidazole rings is 1. The number of carbonyl (C=O) groups excluding carboxylic acids is 1. The van der Waals surface area contributed by atoms with E-state index in [1.807, 2.05) is 48.8 Å². The molecule has 4 N–H and O–H groups in total. The Balaban J connectivity index is 1.37. The Morgan fingerprint density at radius 1 is 1.22 bits per heavy atom. The Kier molecular flexibility index (Phi) is 8.23. The number of aromatic nitrogens is 4. The number of hydrogen-bond acceptors (Lipinski definition) is 10. The van der Waals surface area contributed by atoms with E-state index in [0.717, 1.165) is 0 Å². The van der Waals surface area contributed by atoms with Crippen LogP contribution in [-0.2, 0) is 23.2 Å². The van der Waals surface area contributed by atoms with E-state index in [4.69, 9.17) is 25.1 Å². The van der Waals surface area contributed by atoms with E-state index in [1.54, 1.807) is 18.5 Å². The fraction of sp³-hybridized carbons (Fsp3) is 0.417. The minimum atomic E-state index is -4.19. The molecular weight excluding hydrogens is 497 g/mol. The number of anilines is 2. The molecule has 0 aliphatic heterocycles. The summed E-state index contributed by atoms with van der Waals surface area (Å²) in [7, 11) is -2.73. The number of rotatable bonds is 11. The van der Waals surface area contributed by atoms with Gasteiger partial charge in [0, 0.05) is 5.92 Å². The molecule has 0 spiro atoms. The molecule has 1 aliphatic rings. The summed E-state index contributed by atoms with van der Waals surface area (Å²) in [5.74, 6) is -0.459. The minimum Gasteiger partial charge on any atom is -0.382 e. The monoisotopic (exact) mass is 529 g/mol. The highest BCUT2D eigenvalue weighted by Gasteiger charge is 2.35. The van der Waals surface area contributed by atoms with Crippen LogP contribution in [0.4, 0.5) is 11.5 Å². The zero-order valence-corrected chi connectivity index (χ0v) is 21.9. The SMILES string of the molecule is CON(c1ccccc1)[C@@H](CC(C)C)C(=O)OP(N)(=O)OC[C@H]1C=C[C@@H](n2cnc3c(N)ncnc32)C1. The first kappa shape index (κ1) is 26.7. The Morgan fingerprint density at radius 3 is 2.68 bits per heavy atom. The molecule has 4 atom stereocenters. The molecule has 198 valence electrons. The Bertz CT molecular complexity index is 1300. The molecule has 0 saturated heterocycles. The third-order valence-corrected chi connectivity index (χ3v) is 6.98. The van der Waals surface area contributed by atoms with Gasteiger partial charge in [0.1, 0.15) is 11.8 Å². The highest BCUT2D eigenvalue weighted by molar-refractivity contribution is 7.51. The number of fused-ring (bicyclic) bond motifs is 1. The van der Waals surface area contributed by atoms with Gasteiger partial charge in [-0.05, 0) is 30.9 Å². The van der Waals surface area contributed by atoms with Crippen LogP contribution >= 0.6 is 7.75 Å². The second kappa shape index (κ2) is 11.4. The van der Waals surface area contributed by atoms with Crippen LogP contribution in [0.3, 0.4) is 0 Å². The molecule has 2 heterocycles. The lowest BCUT2D eigenvalue weighted by Crippen LogP contribution is -2.42. The Hall–Kier alpha value is -3.31. The molecular formula is C24H32N7O5P. The average molecular weight is 530 g/mol. The maximum absolute atomic E-state index is 13.1. The molecule has 2 aromatic heterocycles. The third-order valence-electron chi connectivity index (χ3n) is 6.04. The number of nitrogen functional groups attached to an aromatic ring is 1. The molecule has 0 radical (unpaired) electrons. The number of hydrogen-bond donors (Lipinski definition) is 2. The standard InChI is InChI=1S/C24H32N7O5P/c1-16(2)11-20(31(34-3)18-7-5-4-6-8-18)24(32)36-37(26,33)35-13-17-9-10-19(12-17)30-15-29-21-22(25)27-14-28-23(21)30/h4-10,14-17,19-20H,11-13H2,1-3H3,(H2,26,33)(H2,25,27,28)/t17-,19+,20-,37?/m0/s1. The molecule has 3 aromatic rings. The molecule has 4 rings (SSSR count). The van der Waals surface area contributed by atoms with E-state index in [0.29, 0.717) is 35.5 Å². The first-order valence-electron chi connectivity index (χ1n) is 11.9. The fourth-order valence-electron chi connectivity index (χ4n) is 4.33. The lowest BCUT2D eigenvalue weighted by molar-refractivity contribution is -0.139. The quantitative estimate of drug-likeness (QED) is 0.212. The summed E-state index contributed by atoms with van der Waals surface area (Å²) in [6.07, 6.45) is 7.99. The summed E-state index contributed by atoms with van der Waals surface area (Å²) in [6.45, 7) is 3.94. The van der Waals surface area contributed by atoms with Gasteiger partial charge in [-0.3, -0.25) is 9.36 Å².